The monoisotopic (exact) mass is 225 g/mol. The number of carbonyl (C=O) groups is 2. The Morgan fingerprint density at radius 2 is 1.93 bits per heavy atom. The van der Waals surface area contributed by atoms with E-state index >= 15 is 0 Å². The van der Waals surface area contributed by atoms with Crippen molar-refractivity contribution >= 4 is 23.5 Å². The summed E-state index contributed by atoms with van der Waals surface area (Å²) in [6.45, 7) is 0. The topological polar surface area (TPSA) is 80.4 Å². The number of Topliss-reactive ketones (excluding diaryl/α,β-unsaturated/α-hetero) is 1. The van der Waals surface area contributed by atoms with Crippen LogP contribution in [-0.4, -0.2) is 28.7 Å². The highest BCUT2D eigenvalue weighted by atomic mass is 32.2. The Kier molecular flexibility index (Phi) is 4.33. The molecule has 1 aromatic carbocycles. The fourth-order valence-corrected chi connectivity index (χ4v) is 1.74. The molecule has 0 saturated heterocycles. The zero-order chi connectivity index (χ0) is 11.3. The van der Waals surface area contributed by atoms with Crippen molar-refractivity contribution in [1.29, 1.82) is 0 Å². The minimum Gasteiger partial charge on any atom is -0.480 e. The Morgan fingerprint density at radius 3 is 2.47 bits per heavy atom. The summed E-state index contributed by atoms with van der Waals surface area (Å²) in [6.07, 6.45) is 0. The van der Waals surface area contributed by atoms with Crippen LogP contribution in [0.2, 0.25) is 0 Å². The molecule has 0 aromatic heterocycles. The average molecular weight is 225 g/mol. The van der Waals surface area contributed by atoms with E-state index in [0.717, 1.165) is 4.90 Å². The van der Waals surface area contributed by atoms with Crippen LogP contribution in [0.1, 0.15) is 0 Å². The fraction of sp³-hybridized carbons (Fsp3) is 0.200. The molecular formula is C10H11NO3S. The zero-order valence-electron chi connectivity index (χ0n) is 7.92. The van der Waals surface area contributed by atoms with Gasteiger partial charge in [0.25, 0.3) is 0 Å². The predicted molar refractivity (Wildman–Crippen MR) is 57.8 cm³/mol. The van der Waals surface area contributed by atoms with Gasteiger partial charge < -0.3 is 10.8 Å². The van der Waals surface area contributed by atoms with Crippen molar-refractivity contribution in [3.63, 3.8) is 0 Å². The smallest absolute Gasteiger partial charge is 0.328 e. The van der Waals surface area contributed by atoms with Crippen molar-refractivity contribution < 1.29 is 14.7 Å². The number of nitrogens with two attached hydrogens (primary N) is 1. The third kappa shape index (κ3) is 3.73. The summed E-state index contributed by atoms with van der Waals surface area (Å²) in [5, 5.41) is 8.49. The lowest BCUT2D eigenvalue weighted by molar-refractivity contribution is -0.141. The molecule has 0 aliphatic rings. The predicted octanol–water partition coefficient (Wildman–Crippen LogP) is 0.760. The summed E-state index contributed by atoms with van der Waals surface area (Å²) in [5.41, 5.74) is 5.16. The molecule has 0 saturated carbocycles. The van der Waals surface area contributed by atoms with E-state index in [-0.39, 0.29) is 5.75 Å². The van der Waals surface area contributed by atoms with Gasteiger partial charge in [-0.1, -0.05) is 18.2 Å². The number of hydrogen-bond donors (Lipinski definition) is 2. The van der Waals surface area contributed by atoms with Crippen LogP contribution in [0, 0.1) is 0 Å². The van der Waals surface area contributed by atoms with Gasteiger partial charge in [0.2, 0.25) is 0 Å². The molecule has 0 fully saturated rings. The fourth-order valence-electron chi connectivity index (χ4n) is 0.899. The van der Waals surface area contributed by atoms with E-state index in [1.807, 2.05) is 30.3 Å². The van der Waals surface area contributed by atoms with E-state index in [2.05, 4.69) is 0 Å². The van der Waals surface area contributed by atoms with E-state index in [0.29, 0.717) is 0 Å². The standard InChI is InChI=1S/C10H11NO3S/c11-9(10(13)14)8(12)6-15-7-4-2-1-3-5-7/h1-5,9H,6,11H2,(H,13,14). The molecule has 0 spiro atoms. The Hall–Kier alpha value is -1.33. The third-order valence-corrected chi connectivity index (χ3v) is 2.77. The van der Waals surface area contributed by atoms with E-state index in [4.69, 9.17) is 10.8 Å². The van der Waals surface area contributed by atoms with Crippen LogP contribution in [0.3, 0.4) is 0 Å². The minimum absolute atomic E-state index is 0.0808. The van der Waals surface area contributed by atoms with Gasteiger partial charge in [0, 0.05) is 4.90 Å². The number of carboxylic acids is 1. The van der Waals surface area contributed by atoms with Crippen LogP contribution in [-0.2, 0) is 9.59 Å². The zero-order valence-corrected chi connectivity index (χ0v) is 8.74. The average Bonchev–Trinajstić information content (AvgIpc) is 2.26. The lowest BCUT2D eigenvalue weighted by Gasteiger charge is -2.04. The van der Waals surface area contributed by atoms with Gasteiger partial charge in [-0.2, -0.15) is 0 Å². The molecule has 1 unspecified atom stereocenters. The molecule has 3 N–H and O–H groups in total. The molecule has 1 rings (SSSR count). The molecule has 0 bridgehead atoms. The van der Waals surface area contributed by atoms with Crippen LogP contribution in [0.5, 0.6) is 0 Å². The van der Waals surface area contributed by atoms with E-state index in [9.17, 15) is 9.59 Å². The summed E-state index contributed by atoms with van der Waals surface area (Å²) < 4.78 is 0. The molecule has 0 heterocycles. The maximum absolute atomic E-state index is 11.2. The van der Waals surface area contributed by atoms with Gasteiger partial charge in [-0.3, -0.25) is 9.59 Å². The molecule has 4 nitrogen and oxygen atoms in total. The van der Waals surface area contributed by atoms with Crippen LogP contribution >= 0.6 is 11.8 Å². The van der Waals surface area contributed by atoms with Gasteiger partial charge in [0.1, 0.15) is 0 Å². The van der Waals surface area contributed by atoms with Crippen molar-refractivity contribution in [1.82, 2.24) is 0 Å². The molecular weight excluding hydrogens is 214 g/mol. The number of ketones is 1. The first-order chi connectivity index (χ1) is 7.11. The van der Waals surface area contributed by atoms with Crippen LogP contribution in [0.15, 0.2) is 35.2 Å². The quantitative estimate of drug-likeness (QED) is 0.571. The molecule has 0 aliphatic carbocycles. The molecule has 0 radical (unpaired) electrons. The molecule has 1 atom stereocenters. The molecule has 0 aliphatic heterocycles. The van der Waals surface area contributed by atoms with Crippen molar-refractivity contribution in [3.8, 4) is 0 Å². The molecule has 1 aromatic rings. The Bertz CT molecular complexity index is 353. The van der Waals surface area contributed by atoms with Crippen molar-refractivity contribution in [2.45, 2.75) is 10.9 Å². The first-order valence-corrected chi connectivity index (χ1v) is 5.29. The van der Waals surface area contributed by atoms with Crippen LogP contribution in [0.4, 0.5) is 0 Å². The SMILES string of the molecule is NC(C(=O)O)C(=O)CSc1ccccc1. The first kappa shape index (κ1) is 11.7. The molecule has 80 valence electrons. The van der Waals surface area contributed by atoms with Gasteiger partial charge in [-0.15, -0.1) is 11.8 Å². The second kappa shape index (κ2) is 5.53. The Labute approximate surface area is 91.5 Å². The number of carboxylic acid groups (broad SMARTS) is 1. The summed E-state index contributed by atoms with van der Waals surface area (Å²) in [7, 11) is 0. The van der Waals surface area contributed by atoms with Gasteiger partial charge in [-0.25, -0.2) is 0 Å². The van der Waals surface area contributed by atoms with E-state index in [1.165, 1.54) is 11.8 Å². The van der Waals surface area contributed by atoms with E-state index < -0.39 is 17.8 Å². The van der Waals surface area contributed by atoms with Crippen LogP contribution in [0.25, 0.3) is 0 Å². The third-order valence-electron chi connectivity index (χ3n) is 1.74. The lowest BCUT2D eigenvalue weighted by Crippen LogP contribution is -2.39. The summed E-state index contributed by atoms with van der Waals surface area (Å²) >= 11 is 1.28. The summed E-state index contributed by atoms with van der Waals surface area (Å²) in [4.78, 5) is 22.5. The second-order valence-corrected chi connectivity index (χ2v) is 3.93. The number of benzene rings is 1. The maximum atomic E-state index is 11.2. The largest absolute Gasteiger partial charge is 0.480 e. The number of aliphatic carboxylic acids is 1. The number of thioether (sulfide) groups is 1. The highest BCUT2D eigenvalue weighted by molar-refractivity contribution is 8.00. The molecule has 0 amide bonds. The van der Waals surface area contributed by atoms with E-state index in [1.54, 1.807) is 0 Å². The summed E-state index contributed by atoms with van der Waals surface area (Å²) in [6, 6.07) is 7.86. The van der Waals surface area contributed by atoms with Crippen LogP contribution < -0.4 is 5.73 Å². The van der Waals surface area contributed by atoms with Gasteiger partial charge in [-0.05, 0) is 12.1 Å². The molecule has 15 heavy (non-hydrogen) atoms. The number of hydrogen-bond acceptors (Lipinski definition) is 4. The van der Waals surface area contributed by atoms with Crippen molar-refractivity contribution in [2.24, 2.45) is 5.73 Å². The second-order valence-electron chi connectivity index (χ2n) is 2.88. The lowest BCUT2D eigenvalue weighted by atomic mass is 10.2. The minimum atomic E-state index is -1.42. The van der Waals surface area contributed by atoms with Crippen molar-refractivity contribution in [2.75, 3.05) is 5.75 Å². The number of carbonyl (C=O) groups excluding carboxylic acids is 1. The summed E-state index contributed by atoms with van der Waals surface area (Å²) in [5.74, 6) is -1.68. The first-order valence-electron chi connectivity index (χ1n) is 4.30. The van der Waals surface area contributed by atoms with Gasteiger partial charge in [0.15, 0.2) is 11.8 Å². The normalized spacial score (nSPS) is 12.1. The Balaban J connectivity index is 2.44. The van der Waals surface area contributed by atoms with Gasteiger partial charge in [0.05, 0.1) is 5.75 Å². The highest BCUT2D eigenvalue weighted by Gasteiger charge is 2.20. The Morgan fingerprint density at radius 1 is 1.33 bits per heavy atom. The molecule has 5 heteroatoms. The van der Waals surface area contributed by atoms with Crippen molar-refractivity contribution in [3.05, 3.63) is 30.3 Å². The number of rotatable bonds is 5. The van der Waals surface area contributed by atoms with Gasteiger partial charge >= 0.3 is 5.97 Å². The highest BCUT2D eigenvalue weighted by Crippen LogP contribution is 2.16. The maximum Gasteiger partial charge on any atom is 0.328 e.